The van der Waals surface area contributed by atoms with Crippen molar-refractivity contribution in [3.63, 3.8) is 0 Å². The highest BCUT2D eigenvalue weighted by Gasteiger charge is 2.12. The molecule has 3 nitrogen and oxygen atoms in total. The van der Waals surface area contributed by atoms with Gasteiger partial charge in [0.25, 0.3) is 0 Å². The molecule has 0 amide bonds. The summed E-state index contributed by atoms with van der Waals surface area (Å²) in [6, 6.07) is 3.46. The van der Waals surface area contributed by atoms with Crippen LogP contribution in [-0.2, 0) is 16.0 Å². The molecule has 0 aromatic heterocycles. The summed E-state index contributed by atoms with van der Waals surface area (Å²) >= 11 is 0. The Morgan fingerprint density at radius 3 is 2.53 bits per heavy atom. The Morgan fingerprint density at radius 2 is 1.95 bits per heavy atom. The van der Waals surface area contributed by atoms with Crippen molar-refractivity contribution >= 4 is 5.97 Å². The summed E-state index contributed by atoms with van der Waals surface area (Å²) in [5, 5.41) is 3.07. The summed E-state index contributed by atoms with van der Waals surface area (Å²) in [5.74, 6) is -1.62. The van der Waals surface area contributed by atoms with Crippen LogP contribution in [0.15, 0.2) is 18.2 Å². The maximum Gasteiger partial charge on any atom is 0.309 e. The fourth-order valence-corrected chi connectivity index (χ4v) is 1.67. The van der Waals surface area contributed by atoms with E-state index in [-0.39, 0.29) is 11.9 Å². The number of carbonyl (C=O) groups excluding carboxylic acids is 1. The van der Waals surface area contributed by atoms with Gasteiger partial charge in [-0.2, -0.15) is 0 Å². The number of carbonyl (C=O) groups is 1. The van der Waals surface area contributed by atoms with Gasteiger partial charge in [0.1, 0.15) is 11.6 Å². The van der Waals surface area contributed by atoms with Crippen molar-refractivity contribution in [2.45, 2.75) is 20.3 Å². The third-order valence-electron chi connectivity index (χ3n) is 2.65. The normalized spacial score (nSPS) is 12.2. The molecule has 0 aliphatic heterocycles. The van der Waals surface area contributed by atoms with Gasteiger partial charge in [0.2, 0.25) is 0 Å². The van der Waals surface area contributed by atoms with Crippen LogP contribution in [0.3, 0.4) is 0 Å². The van der Waals surface area contributed by atoms with E-state index in [9.17, 15) is 13.6 Å². The second-order valence-electron chi connectivity index (χ2n) is 4.38. The Labute approximate surface area is 112 Å². The van der Waals surface area contributed by atoms with Gasteiger partial charge < -0.3 is 10.1 Å². The van der Waals surface area contributed by atoms with E-state index in [0.29, 0.717) is 31.7 Å². The average molecular weight is 271 g/mol. The van der Waals surface area contributed by atoms with Crippen LogP contribution in [0.4, 0.5) is 8.78 Å². The molecule has 1 rings (SSSR count). The number of ether oxygens (including phenoxy) is 1. The molecule has 1 N–H and O–H groups in total. The van der Waals surface area contributed by atoms with Crippen LogP contribution in [0, 0.1) is 17.6 Å². The van der Waals surface area contributed by atoms with E-state index in [1.165, 1.54) is 12.1 Å². The summed E-state index contributed by atoms with van der Waals surface area (Å²) in [5.41, 5.74) is 0.591. The molecule has 0 bridgehead atoms. The Balaban J connectivity index is 2.29. The lowest BCUT2D eigenvalue weighted by atomic mass is 10.1. The van der Waals surface area contributed by atoms with E-state index in [0.717, 1.165) is 6.07 Å². The Kier molecular flexibility index (Phi) is 6.42. The molecule has 0 saturated heterocycles. The van der Waals surface area contributed by atoms with Crippen molar-refractivity contribution in [1.82, 2.24) is 5.32 Å². The van der Waals surface area contributed by atoms with Gasteiger partial charge >= 0.3 is 5.97 Å². The van der Waals surface area contributed by atoms with Crippen LogP contribution in [0.1, 0.15) is 19.4 Å². The number of rotatable bonds is 7. The van der Waals surface area contributed by atoms with E-state index in [4.69, 9.17) is 4.74 Å². The van der Waals surface area contributed by atoms with Crippen molar-refractivity contribution in [2.24, 2.45) is 5.92 Å². The summed E-state index contributed by atoms with van der Waals surface area (Å²) in [6.07, 6.45) is 0.504. The van der Waals surface area contributed by atoms with Crippen LogP contribution in [0.2, 0.25) is 0 Å². The standard InChI is InChI=1S/C14H19F2NO2/c1-3-19-14(18)10(2)9-17-5-4-11-6-12(15)8-13(16)7-11/h6-8,10,17H,3-5,9H2,1-2H3. The topological polar surface area (TPSA) is 38.3 Å². The van der Waals surface area contributed by atoms with Gasteiger partial charge in [0, 0.05) is 12.6 Å². The molecule has 0 aliphatic rings. The molecule has 0 saturated carbocycles. The molecular weight excluding hydrogens is 252 g/mol. The maximum absolute atomic E-state index is 12.9. The monoisotopic (exact) mass is 271 g/mol. The highest BCUT2D eigenvalue weighted by atomic mass is 19.1. The van der Waals surface area contributed by atoms with E-state index in [1.54, 1.807) is 13.8 Å². The molecule has 1 aromatic carbocycles. The lowest BCUT2D eigenvalue weighted by molar-refractivity contribution is -0.147. The summed E-state index contributed by atoms with van der Waals surface area (Å²) < 4.78 is 30.7. The van der Waals surface area contributed by atoms with Crippen molar-refractivity contribution in [3.05, 3.63) is 35.4 Å². The summed E-state index contributed by atoms with van der Waals surface area (Å²) in [7, 11) is 0. The van der Waals surface area contributed by atoms with E-state index in [1.807, 2.05) is 0 Å². The van der Waals surface area contributed by atoms with Gasteiger partial charge in [-0.25, -0.2) is 8.78 Å². The van der Waals surface area contributed by atoms with Crippen LogP contribution >= 0.6 is 0 Å². The first-order valence-electron chi connectivity index (χ1n) is 6.35. The van der Waals surface area contributed by atoms with Crippen LogP contribution in [0.25, 0.3) is 0 Å². The third-order valence-corrected chi connectivity index (χ3v) is 2.65. The quantitative estimate of drug-likeness (QED) is 0.611. The second kappa shape index (κ2) is 7.84. The number of halogens is 2. The van der Waals surface area contributed by atoms with E-state index >= 15 is 0 Å². The first-order chi connectivity index (χ1) is 9.02. The first-order valence-corrected chi connectivity index (χ1v) is 6.35. The van der Waals surface area contributed by atoms with Gasteiger partial charge in [0.05, 0.1) is 12.5 Å². The van der Waals surface area contributed by atoms with Gasteiger partial charge in [-0.3, -0.25) is 4.79 Å². The molecular formula is C14H19F2NO2. The molecule has 1 unspecified atom stereocenters. The smallest absolute Gasteiger partial charge is 0.309 e. The summed E-state index contributed by atoms with van der Waals surface area (Å²) in [6.45, 7) is 4.93. The second-order valence-corrected chi connectivity index (χ2v) is 4.38. The third kappa shape index (κ3) is 5.79. The number of esters is 1. The number of hydrogen-bond acceptors (Lipinski definition) is 3. The minimum Gasteiger partial charge on any atom is -0.466 e. The molecule has 0 spiro atoms. The number of benzene rings is 1. The zero-order valence-corrected chi connectivity index (χ0v) is 11.2. The van der Waals surface area contributed by atoms with E-state index < -0.39 is 11.6 Å². The first kappa shape index (κ1) is 15.6. The van der Waals surface area contributed by atoms with E-state index in [2.05, 4.69) is 5.32 Å². The minimum atomic E-state index is -0.574. The summed E-state index contributed by atoms with van der Waals surface area (Å²) in [4.78, 5) is 11.3. The molecule has 1 aromatic rings. The van der Waals surface area contributed by atoms with Crippen molar-refractivity contribution in [3.8, 4) is 0 Å². The molecule has 0 radical (unpaired) electrons. The fraction of sp³-hybridized carbons (Fsp3) is 0.500. The molecule has 0 aliphatic carbocycles. The maximum atomic E-state index is 12.9. The Hall–Kier alpha value is -1.49. The molecule has 19 heavy (non-hydrogen) atoms. The predicted molar refractivity (Wildman–Crippen MR) is 68.7 cm³/mol. The van der Waals surface area contributed by atoms with Crippen molar-refractivity contribution in [2.75, 3.05) is 19.7 Å². The Bertz CT molecular complexity index is 404. The molecule has 0 heterocycles. The van der Waals surface area contributed by atoms with Gasteiger partial charge in [-0.1, -0.05) is 6.92 Å². The number of hydrogen-bond donors (Lipinski definition) is 1. The van der Waals surface area contributed by atoms with Crippen LogP contribution < -0.4 is 5.32 Å². The largest absolute Gasteiger partial charge is 0.466 e. The molecule has 106 valence electrons. The van der Waals surface area contributed by atoms with Crippen molar-refractivity contribution in [1.29, 1.82) is 0 Å². The molecule has 0 fully saturated rings. The SMILES string of the molecule is CCOC(=O)C(C)CNCCc1cc(F)cc(F)c1. The Morgan fingerprint density at radius 1 is 1.32 bits per heavy atom. The highest BCUT2D eigenvalue weighted by molar-refractivity contribution is 5.72. The minimum absolute atomic E-state index is 0.232. The molecule has 5 heteroatoms. The van der Waals surface area contributed by atoms with Gasteiger partial charge in [0.15, 0.2) is 0 Å². The molecule has 1 atom stereocenters. The average Bonchev–Trinajstić information content (AvgIpc) is 2.33. The van der Waals surface area contributed by atoms with Gasteiger partial charge in [-0.15, -0.1) is 0 Å². The highest BCUT2D eigenvalue weighted by Crippen LogP contribution is 2.08. The lowest BCUT2D eigenvalue weighted by Crippen LogP contribution is -2.29. The van der Waals surface area contributed by atoms with Crippen LogP contribution in [-0.4, -0.2) is 25.7 Å². The zero-order valence-electron chi connectivity index (χ0n) is 11.2. The van der Waals surface area contributed by atoms with Crippen LogP contribution in [0.5, 0.6) is 0 Å². The van der Waals surface area contributed by atoms with Crippen molar-refractivity contribution < 1.29 is 18.3 Å². The number of nitrogens with one attached hydrogen (secondary N) is 1. The van der Waals surface area contributed by atoms with Gasteiger partial charge in [-0.05, 0) is 37.6 Å². The lowest BCUT2D eigenvalue weighted by Gasteiger charge is -2.11. The zero-order chi connectivity index (χ0) is 14.3. The fourth-order valence-electron chi connectivity index (χ4n) is 1.67. The predicted octanol–water partition coefficient (Wildman–Crippen LogP) is 2.30.